The number of benzene rings is 2. The molecule has 45 heavy (non-hydrogen) atoms. The number of carboxylic acid groups (broad SMARTS) is 1. The molecule has 1 atom stereocenters. The lowest BCUT2D eigenvalue weighted by molar-refractivity contribution is -0.163. The lowest BCUT2D eigenvalue weighted by Gasteiger charge is -2.25. The van der Waals surface area contributed by atoms with Gasteiger partial charge in [0.2, 0.25) is 0 Å². The van der Waals surface area contributed by atoms with Crippen LogP contribution in [0.3, 0.4) is 0 Å². The predicted molar refractivity (Wildman–Crippen MR) is 182 cm³/mol. The average Bonchev–Trinajstić information content (AvgIpc) is 3.51. The van der Waals surface area contributed by atoms with E-state index < -0.39 is 17.5 Å². The number of hydrogen-bond acceptors (Lipinski definition) is 5. The predicted octanol–water partition coefficient (Wildman–Crippen LogP) is 10.4. The van der Waals surface area contributed by atoms with Crippen molar-refractivity contribution in [3.05, 3.63) is 76.8 Å². The Morgan fingerprint density at radius 2 is 1.33 bits per heavy atom. The van der Waals surface area contributed by atoms with Gasteiger partial charge in [0.25, 0.3) is 0 Å². The zero-order chi connectivity index (χ0) is 33.1. The monoisotopic (exact) mass is 640 g/mol. The highest BCUT2D eigenvalue weighted by atomic mass is 35.5. The highest BCUT2D eigenvalue weighted by Gasteiger charge is 2.32. The van der Waals surface area contributed by atoms with Crippen molar-refractivity contribution in [2.45, 2.75) is 129 Å². The summed E-state index contributed by atoms with van der Waals surface area (Å²) >= 11 is 5.84. The van der Waals surface area contributed by atoms with Gasteiger partial charge in [0, 0.05) is 22.6 Å². The van der Waals surface area contributed by atoms with Crippen molar-refractivity contribution >= 4 is 29.3 Å². The molecule has 1 unspecified atom stereocenters. The molecule has 2 aromatic carbocycles. The van der Waals surface area contributed by atoms with Gasteiger partial charge in [-0.1, -0.05) is 81.5 Å². The molecule has 2 aromatic rings. The number of esters is 1. The molecule has 7 heteroatoms. The number of carbonyl (C=O) groups excluding carboxylic acids is 2. The minimum Gasteiger partial charge on any atom is -0.481 e. The Bertz CT molecular complexity index is 1180. The van der Waals surface area contributed by atoms with Gasteiger partial charge < -0.3 is 14.6 Å². The zero-order valence-electron chi connectivity index (χ0n) is 27.7. The van der Waals surface area contributed by atoms with Gasteiger partial charge in [0.05, 0.1) is 6.10 Å². The quantitative estimate of drug-likeness (QED) is 0.0711. The summed E-state index contributed by atoms with van der Waals surface area (Å²) in [6, 6.07) is 13.4. The SMILES string of the molecule is CC(C)OC(=O)C(C)(C)Oc1ccc(C(=O)c2ccc(Cl)cc2)cc1.O=C(O)CCCCCCCCCCCCC1C=CCC1. The molecular weight excluding hydrogens is 588 g/mol. The van der Waals surface area contributed by atoms with Crippen LogP contribution in [0.15, 0.2) is 60.7 Å². The molecular formula is C38H53ClO6. The van der Waals surface area contributed by atoms with Crippen LogP contribution >= 0.6 is 11.6 Å². The van der Waals surface area contributed by atoms with E-state index in [0.717, 1.165) is 18.8 Å². The third-order valence-electron chi connectivity index (χ3n) is 7.76. The molecule has 0 aliphatic heterocycles. The van der Waals surface area contributed by atoms with E-state index in [1.54, 1.807) is 76.2 Å². The number of aliphatic carboxylic acids is 1. The molecule has 0 saturated carbocycles. The van der Waals surface area contributed by atoms with Crippen molar-refractivity contribution in [2.24, 2.45) is 5.92 Å². The van der Waals surface area contributed by atoms with Gasteiger partial charge >= 0.3 is 11.9 Å². The Balaban J connectivity index is 0.000000322. The van der Waals surface area contributed by atoms with Crippen molar-refractivity contribution in [3.63, 3.8) is 0 Å². The second kappa shape index (κ2) is 20.8. The number of allylic oxidation sites excluding steroid dienone is 2. The third kappa shape index (κ3) is 16.1. The molecule has 0 heterocycles. The second-order valence-electron chi connectivity index (χ2n) is 12.7. The lowest BCUT2D eigenvalue weighted by atomic mass is 9.99. The third-order valence-corrected chi connectivity index (χ3v) is 8.01. The highest BCUT2D eigenvalue weighted by molar-refractivity contribution is 6.30. The molecule has 0 aromatic heterocycles. The number of carboxylic acids is 1. The van der Waals surface area contributed by atoms with Crippen molar-refractivity contribution < 1.29 is 29.0 Å². The summed E-state index contributed by atoms with van der Waals surface area (Å²) in [5.74, 6) is 0.169. The van der Waals surface area contributed by atoms with Gasteiger partial charge in [-0.25, -0.2) is 4.79 Å². The fraction of sp³-hybridized carbons (Fsp3) is 0.553. The second-order valence-corrected chi connectivity index (χ2v) is 13.1. The van der Waals surface area contributed by atoms with Crippen LogP contribution in [0.2, 0.25) is 5.02 Å². The van der Waals surface area contributed by atoms with Gasteiger partial charge in [-0.2, -0.15) is 0 Å². The summed E-state index contributed by atoms with van der Waals surface area (Å²) in [4.78, 5) is 34.8. The molecule has 1 aliphatic rings. The van der Waals surface area contributed by atoms with E-state index in [1.807, 2.05) is 0 Å². The maximum atomic E-state index is 12.4. The van der Waals surface area contributed by atoms with Gasteiger partial charge in [0.15, 0.2) is 11.4 Å². The normalized spacial score (nSPS) is 14.1. The first-order valence-electron chi connectivity index (χ1n) is 16.7. The molecule has 0 radical (unpaired) electrons. The molecule has 1 aliphatic carbocycles. The van der Waals surface area contributed by atoms with E-state index in [2.05, 4.69) is 12.2 Å². The van der Waals surface area contributed by atoms with Gasteiger partial charge in [-0.3, -0.25) is 9.59 Å². The number of rotatable bonds is 19. The summed E-state index contributed by atoms with van der Waals surface area (Å²) in [5, 5.41) is 9.10. The molecule has 0 bridgehead atoms. The number of halogens is 1. The van der Waals surface area contributed by atoms with Crippen LogP contribution in [0.25, 0.3) is 0 Å². The van der Waals surface area contributed by atoms with E-state index >= 15 is 0 Å². The summed E-state index contributed by atoms with van der Waals surface area (Å²) in [6.07, 6.45) is 21.7. The Kier molecular flexibility index (Phi) is 17.6. The van der Waals surface area contributed by atoms with Crippen molar-refractivity contribution in [2.75, 3.05) is 0 Å². The van der Waals surface area contributed by atoms with E-state index in [4.69, 9.17) is 26.2 Å². The zero-order valence-corrected chi connectivity index (χ0v) is 28.5. The molecule has 1 N–H and O–H groups in total. The molecule has 248 valence electrons. The fourth-order valence-electron chi connectivity index (χ4n) is 5.17. The molecule has 0 fully saturated rings. The van der Waals surface area contributed by atoms with Crippen LogP contribution in [-0.4, -0.2) is 34.5 Å². The largest absolute Gasteiger partial charge is 0.481 e. The number of unbranched alkanes of at least 4 members (excludes halogenated alkanes) is 9. The minimum absolute atomic E-state index is 0.110. The molecule has 3 rings (SSSR count). The molecule has 0 spiro atoms. The fourth-order valence-corrected chi connectivity index (χ4v) is 5.29. The maximum Gasteiger partial charge on any atom is 0.350 e. The van der Waals surface area contributed by atoms with E-state index in [1.165, 1.54) is 70.6 Å². The van der Waals surface area contributed by atoms with Crippen molar-refractivity contribution in [3.8, 4) is 5.75 Å². The smallest absolute Gasteiger partial charge is 0.350 e. The van der Waals surface area contributed by atoms with Crippen LogP contribution < -0.4 is 4.74 Å². The van der Waals surface area contributed by atoms with E-state index in [9.17, 15) is 14.4 Å². The maximum absolute atomic E-state index is 12.4. The van der Waals surface area contributed by atoms with Gasteiger partial charge in [-0.05, 0) is 108 Å². The van der Waals surface area contributed by atoms with Gasteiger partial charge in [0.1, 0.15) is 5.75 Å². The van der Waals surface area contributed by atoms with Crippen LogP contribution in [0.5, 0.6) is 5.75 Å². The molecule has 0 amide bonds. The standard InChI is InChI=1S/C20H21ClO4.C18H32O2/c1-13(2)24-19(23)20(3,4)25-17-11-7-15(8-12-17)18(22)14-5-9-16(21)10-6-14;19-18(20)16-10-8-6-4-2-1-3-5-7-9-13-17-14-11-12-15-17/h5-13H,1-4H3;11,14,17H,1-10,12-13,15-16H2,(H,19,20). The number of hydrogen-bond donors (Lipinski definition) is 1. The minimum atomic E-state index is -1.12. The number of carbonyl (C=O) groups is 3. The first-order valence-corrected chi connectivity index (χ1v) is 17.0. The Labute approximate surface area is 275 Å². The Morgan fingerprint density at radius 3 is 1.82 bits per heavy atom. The van der Waals surface area contributed by atoms with Crippen LogP contribution in [0, 0.1) is 5.92 Å². The average molecular weight is 641 g/mol. The van der Waals surface area contributed by atoms with Crippen LogP contribution in [0.1, 0.15) is 134 Å². The highest BCUT2D eigenvalue weighted by Crippen LogP contribution is 2.24. The van der Waals surface area contributed by atoms with Crippen molar-refractivity contribution in [1.29, 1.82) is 0 Å². The number of ether oxygens (including phenoxy) is 2. The Hall–Kier alpha value is -3.12. The topological polar surface area (TPSA) is 89.9 Å². The number of ketones is 1. The lowest BCUT2D eigenvalue weighted by Crippen LogP contribution is -2.40. The first-order chi connectivity index (χ1) is 21.5. The summed E-state index contributed by atoms with van der Waals surface area (Å²) in [5.41, 5.74) is -0.0393. The van der Waals surface area contributed by atoms with Gasteiger partial charge in [-0.15, -0.1) is 0 Å². The molecule has 0 saturated heterocycles. The van der Waals surface area contributed by atoms with Crippen LogP contribution in [0.4, 0.5) is 0 Å². The van der Waals surface area contributed by atoms with Crippen LogP contribution in [-0.2, 0) is 14.3 Å². The summed E-state index contributed by atoms with van der Waals surface area (Å²) in [6.45, 7) is 6.85. The molecule has 6 nitrogen and oxygen atoms in total. The summed E-state index contributed by atoms with van der Waals surface area (Å²) < 4.78 is 10.9. The first kappa shape index (κ1) is 38.1. The Morgan fingerprint density at radius 1 is 0.822 bits per heavy atom. The van der Waals surface area contributed by atoms with Crippen molar-refractivity contribution in [1.82, 2.24) is 0 Å². The van der Waals surface area contributed by atoms with E-state index in [0.29, 0.717) is 28.3 Å². The summed E-state index contributed by atoms with van der Waals surface area (Å²) in [7, 11) is 0. The van der Waals surface area contributed by atoms with E-state index in [-0.39, 0.29) is 11.9 Å².